The van der Waals surface area contributed by atoms with E-state index in [4.69, 9.17) is 0 Å². The predicted molar refractivity (Wildman–Crippen MR) is 107 cm³/mol. The Morgan fingerprint density at radius 2 is 1.84 bits per heavy atom. The first-order chi connectivity index (χ1) is 14.5. The van der Waals surface area contributed by atoms with Gasteiger partial charge in [0.2, 0.25) is 0 Å². The van der Waals surface area contributed by atoms with Crippen LogP contribution in [0.3, 0.4) is 0 Å². The molecule has 0 saturated heterocycles. The van der Waals surface area contributed by atoms with Gasteiger partial charge in [0.25, 0.3) is 0 Å². The number of fused-ring (bicyclic) bond motifs is 2. The van der Waals surface area contributed by atoms with Crippen molar-refractivity contribution in [1.82, 2.24) is 19.5 Å². The van der Waals surface area contributed by atoms with Crippen LogP contribution in [0.25, 0.3) is 33.6 Å². The normalized spacial score (nSPS) is 12.5. The number of aromatic nitrogens is 4. The molecule has 0 N–H and O–H groups in total. The van der Waals surface area contributed by atoms with Gasteiger partial charge in [-0.15, -0.1) is 0 Å². The molecule has 0 amide bonds. The molecule has 0 saturated carbocycles. The number of carbonyl (C=O) groups excluding carboxylic acids is 1. The highest BCUT2D eigenvalue weighted by molar-refractivity contribution is 7.91. The van der Waals surface area contributed by atoms with Crippen LogP contribution in [0.5, 0.6) is 0 Å². The summed E-state index contributed by atoms with van der Waals surface area (Å²) in [5.41, 5.74) is -0.0762. The second-order valence-corrected chi connectivity index (χ2v) is 9.11. The van der Waals surface area contributed by atoms with Crippen molar-refractivity contribution in [3.8, 4) is 11.5 Å². The van der Waals surface area contributed by atoms with Crippen LogP contribution in [0.4, 0.5) is 13.2 Å². The van der Waals surface area contributed by atoms with Crippen molar-refractivity contribution in [1.29, 1.82) is 0 Å². The van der Waals surface area contributed by atoms with Crippen LogP contribution in [-0.2, 0) is 23.1 Å². The van der Waals surface area contributed by atoms with Crippen molar-refractivity contribution in [2.24, 2.45) is 7.05 Å². The highest BCUT2D eigenvalue weighted by Crippen LogP contribution is 2.33. The number of pyridine rings is 2. The summed E-state index contributed by atoms with van der Waals surface area (Å²) in [6, 6.07) is 6.87. The van der Waals surface area contributed by atoms with Gasteiger partial charge in [-0.05, 0) is 30.3 Å². The molecule has 1 aromatic carbocycles. The van der Waals surface area contributed by atoms with Gasteiger partial charge in [0.05, 0.1) is 21.7 Å². The molecule has 0 bridgehead atoms. The molecule has 4 rings (SSSR count). The summed E-state index contributed by atoms with van der Waals surface area (Å²) in [5, 5.41) is 0.441. The van der Waals surface area contributed by atoms with Gasteiger partial charge in [-0.25, -0.2) is 23.4 Å². The minimum atomic E-state index is -4.59. The van der Waals surface area contributed by atoms with Crippen LogP contribution < -0.4 is 0 Å². The first-order valence-electron chi connectivity index (χ1n) is 9.08. The molecule has 7 nitrogen and oxygen atoms in total. The largest absolute Gasteiger partial charge is 0.417 e. The van der Waals surface area contributed by atoms with E-state index in [9.17, 15) is 26.4 Å². The second-order valence-electron chi connectivity index (χ2n) is 6.87. The third-order valence-electron chi connectivity index (χ3n) is 4.90. The topological polar surface area (TPSA) is 94.8 Å². The lowest BCUT2D eigenvalue weighted by Crippen LogP contribution is -2.09. The van der Waals surface area contributed by atoms with Gasteiger partial charge in [-0.1, -0.05) is 6.92 Å². The number of benzene rings is 1. The zero-order valence-electron chi connectivity index (χ0n) is 16.3. The number of hydrogen-bond acceptors (Lipinski definition) is 6. The van der Waals surface area contributed by atoms with Crippen molar-refractivity contribution in [2.75, 3.05) is 5.75 Å². The first kappa shape index (κ1) is 20.9. The molecule has 0 aliphatic carbocycles. The van der Waals surface area contributed by atoms with E-state index in [0.717, 1.165) is 6.07 Å². The molecule has 0 atom stereocenters. The lowest BCUT2D eigenvalue weighted by molar-refractivity contribution is -0.137. The van der Waals surface area contributed by atoms with E-state index < -0.39 is 21.6 Å². The summed E-state index contributed by atoms with van der Waals surface area (Å²) in [5.74, 6) is -0.156. The Morgan fingerprint density at radius 3 is 2.48 bits per heavy atom. The SMILES string of the molecule is CCS(=O)(=O)c1cc2cc(C=O)ccc2nc1-c1nc2cc(C(F)(F)F)cnc2n1C. The summed E-state index contributed by atoms with van der Waals surface area (Å²) in [4.78, 5) is 23.5. The van der Waals surface area contributed by atoms with Crippen LogP contribution in [0.1, 0.15) is 22.8 Å². The molecule has 0 aliphatic heterocycles. The fraction of sp³-hybridized carbons (Fsp3) is 0.200. The summed E-state index contributed by atoms with van der Waals surface area (Å²) >= 11 is 0. The van der Waals surface area contributed by atoms with Gasteiger partial charge in [-0.3, -0.25) is 4.79 Å². The lowest BCUT2D eigenvalue weighted by Gasteiger charge is -2.11. The van der Waals surface area contributed by atoms with Gasteiger partial charge < -0.3 is 4.57 Å². The maximum atomic E-state index is 13.1. The van der Waals surface area contributed by atoms with E-state index in [1.54, 1.807) is 6.07 Å². The average Bonchev–Trinajstić information content (AvgIpc) is 3.07. The van der Waals surface area contributed by atoms with Crippen molar-refractivity contribution < 1.29 is 26.4 Å². The Kier molecular flexibility index (Phi) is 4.80. The van der Waals surface area contributed by atoms with E-state index in [1.165, 1.54) is 36.7 Å². The molecular weight excluding hydrogens is 433 g/mol. The van der Waals surface area contributed by atoms with Crippen LogP contribution >= 0.6 is 0 Å². The quantitative estimate of drug-likeness (QED) is 0.441. The number of aryl methyl sites for hydroxylation is 1. The molecule has 0 unspecified atom stereocenters. The number of rotatable bonds is 4. The Labute approximate surface area is 174 Å². The molecule has 0 spiro atoms. The monoisotopic (exact) mass is 448 g/mol. The lowest BCUT2D eigenvalue weighted by atomic mass is 10.1. The van der Waals surface area contributed by atoms with E-state index >= 15 is 0 Å². The maximum absolute atomic E-state index is 13.1. The fourth-order valence-electron chi connectivity index (χ4n) is 3.24. The van der Waals surface area contributed by atoms with Crippen LogP contribution in [0.2, 0.25) is 0 Å². The van der Waals surface area contributed by atoms with Crippen LogP contribution in [-0.4, -0.2) is 40.0 Å². The zero-order chi connectivity index (χ0) is 22.6. The molecule has 0 radical (unpaired) electrons. The van der Waals surface area contributed by atoms with Gasteiger partial charge in [0, 0.05) is 24.2 Å². The summed E-state index contributed by atoms with van der Waals surface area (Å²) < 4.78 is 66.2. The van der Waals surface area contributed by atoms with Crippen LogP contribution in [0.15, 0.2) is 41.4 Å². The summed E-state index contributed by atoms with van der Waals surface area (Å²) in [6.07, 6.45) is -3.25. The minimum Gasteiger partial charge on any atom is -0.310 e. The molecule has 4 aromatic rings. The standard InChI is InChI=1S/C20H15F3N4O3S/c1-3-31(29,30)16-7-12-6-11(10-28)4-5-14(12)25-17(16)19-26-15-8-13(20(21,22)23)9-24-18(15)27(19)2/h4-10H,3H2,1-2H3. The molecule has 0 fully saturated rings. The highest BCUT2D eigenvalue weighted by Gasteiger charge is 2.32. The van der Waals surface area contributed by atoms with Crippen molar-refractivity contribution in [3.05, 3.63) is 47.7 Å². The highest BCUT2D eigenvalue weighted by atomic mass is 32.2. The van der Waals surface area contributed by atoms with E-state index in [2.05, 4.69) is 15.0 Å². The predicted octanol–water partition coefficient (Wildman–Crippen LogP) is 3.81. The van der Waals surface area contributed by atoms with Crippen molar-refractivity contribution in [3.63, 3.8) is 0 Å². The molecular formula is C20H15F3N4O3S. The molecule has 11 heteroatoms. The number of nitrogens with zero attached hydrogens (tertiary/aromatic N) is 4. The van der Waals surface area contributed by atoms with Crippen LogP contribution in [0, 0.1) is 0 Å². The maximum Gasteiger partial charge on any atom is 0.417 e. The Hall–Kier alpha value is -3.34. The molecule has 3 heterocycles. The number of aldehydes is 1. The number of alkyl halides is 3. The van der Waals surface area contributed by atoms with Crippen molar-refractivity contribution >= 4 is 38.2 Å². The number of halogens is 3. The third kappa shape index (κ3) is 3.54. The number of imidazole rings is 1. The summed E-state index contributed by atoms with van der Waals surface area (Å²) in [6.45, 7) is 1.47. The van der Waals surface area contributed by atoms with Crippen molar-refractivity contribution in [2.45, 2.75) is 18.0 Å². The van der Waals surface area contributed by atoms with Gasteiger partial charge in [0.1, 0.15) is 17.5 Å². The number of hydrogen-bond donors (Lipinski definition) is 0. The Bertz CT molecular complexity index is 1460. The second kappa shape index (κ2) is 7.12. The van der Waals surface area contributed by atoms with E-state index in [0.29, 0.717) is 28.9 Å². The fourth-order valence-corrected chi connectivity index (χ4v) is 4.29. The molecule has 31 heavy (non-hydrogen) atoms. The molecule has 160 valence electrons. The van der Waals surface area contributed by atoms with Gasteiger partial charge in [-0.2, -0.15) is 13.2 Å². The number of carbonyl (C=O) groups is 1. The first-order valence-corrected chi connectivity index (χ1v) is 10.7. The molecule has 3 aromatic heterocycles. The van der Waals surface area contributed by atoms with E-state index in [-0.39, 0.29) is 33.3 Å². The number of sulfone groups is 1. The summed E-state index contributed by atoms with van der Waals surface area (Å²) in [7, 11) is -2.26. The molecule has 0 aliphatic rings. The zero-order valence-corrected chi connectivity index (χ0v) is 17.1. The minimum absolute atomic E-state index is 0.00209. The smallest absolute Gasteiger partial charge is 0.310 e. The average molecular weight is 448 g/mol. The Morgan fingerprint density at radius 1 is 1.10 bits per heavy atom. The van der Waals surface area contributed by atoms with Gasteiger partial charge >= 0.3 is 6.18 Å². The van der Waals surface area contributed by atoms with Gasteiger partial charge in [0.15, 0.2) is 21.3 Å². The third-order valence-corrected chi connectivity index (χ3v) is 6.64. The Balaban J connectivity index is 2.04. The van der Waals surface area contributed by atoms with E-state index in [1.807, 2.05) is 0 Å².